The molecule has 0 bridgehead atoms. The van der Waals surface area contributed by atoms with Crippen LogP contribution >= 0.6 is 0 Å². The van der Waals surface area contributed by atoms with Gasteiger partial charge in [-0.3, -0.25) is 0 Å². The van der Waals surface area contributed by atoms with Gasteiger partial charge in [0.1, 0.15) is 0 Å². The van der Waals surface area contributed by atoms with Crippen LogP contribution in [-0.2, 0) is 0 Å². The van der Waals surface area contributed by atoms with Gasteiger partial charge in [-0.05, 0) is 36.5 Å². The van der Waals surface area contributed by atoms with Crippen molar-refractivity contribution in [3.05, 3.63) is 0 Å². The van der Waals surface area contributed by atoms with E-state index in [1.165, 1.54) is 32.1 Å². The summed E-state index contributed by atoms with van der Waals surface area (Å²) in [4.78, 5) is 0. The summed E-state index contributed by atoms with van der Waals surface area (Å²) in [6.45, 7) is 9.35. The SMILES string of the molecule is CCCCC(CC(C)C)C1C(C)CC1N. The van der Waals surface area contributed by atoms with Gasteiger partial charge in [0.25, 0.3) is 0 Å². The number of rotatable bonds is 6. The van der Waals surface area contributed by atoms with Crippen LogP contribution in [0, 0.1) is 23.7 Å². The third kappa shape index (κ3) is 3.48. The average Bonchev–Trinajstić information content (AvgIpc) is 2.13. The molecule has 4 atom stereocenters. The summed E-state index contributed by atoms with van der Waals surface area (Å²) in [7, 11) is 0. The lowest BCUT2D eigenvalue weighted by atomic mass is 9.62. The molecule has 0 amide bonds. The fourth-order valence-corrected chi connectivity index (χ4v) is 3.32. The smallest absolute Gasteiger partial charge is 0.00750 e. The van der Waals surface area contributed by atoms with Crippen molar-refractivity contribution < 1.29 is 0 Å². The van der Waals surface area contributed by atoms with E-state index in [0.29, 0.717) is 6.04 Å². The van der Waals surface area contributed by atoms with E-state index in [-0.39, 0.29) is 0 Å². The zero-order chi connectivity index (χ0) is 11.4. The van der Waals surface area contributed by atoms with Crippen LogP contribution < -0.4 is 5.73 Å². The molecular formula is C14H29N. The van der Waals surface area contributed by atoms with Crippen molar-refractivity contribution in [1.29, 1.82) is 0 Å². The van der Waals surface area contributed by atoms with Gasteiger partial charge in [-0.2, -0.15) is 0 Å². The molecule has 2 N–H and O–H groups in total. The Labute approximate surface area is 95.8 Å². The predicted octanol–water partition coefficient (Wildman–Crippen LogP) is 3.82. The van der Waals surface area contributed by atoms with Crippen molar-refractivity contribution in [2.75, 3.05) is 0 Å². The minimum atomic E-state index is 0.501. The Morgan fingerprint density at radius 2 is 2.00 bits per heavy atom. The molecule has 1 saturated carbocycles. The second-order valence-electron chi connectivity index (χ2n) is 5.99. The van der Waals surface area contributed by atoms with Gasteiger partial charge in [-0.1, -0.05) is 47.0 Å². The molecular weight excluding hydrogens is 182 g/mol. The fraction of sp³-hybridized carbons (Fsp3) is 1.00. The Hall–Kier alpha value is -0.0400. The molecule has 0 aromatic carbocycles. The summed E-state index contributed by atoms with van der Waals surface area (Å²) >= 11 is 0. The molecule has 4 unspecified atom stereocenters. The van der Waals surface area contributed by atoms with E-state index in [1.54, 1.807) is 0 Å². The minimum Gasteiger partial charge on any atom is -0.327 e. The van der Waals surface area contributed by atoms with E-state index in [0.717, 1.165) is 23.7 Å². The molecule has 0 aromatic heterocycles. The average molecular weight is 211 g/mol. The molecule has 1 rings (SSSR count). The van der Waals surface area contributed by atoms with Gasteiger partial charge in [0, 0.05) is 6.04 Å². The van der Waals surface area contributed by atoms with Crippen LogP contribution in [0.1, 0.15) is 59.8 Å². The molecule has 0 heterocycles. The van der Waals surface area contributed by atoms with Gasteiger partial charge in [0.05, 0.1) is 0 Å². The van der Waals surface area contributed by atoms with Crippen molar-refractivity contribution >= 4 is 0 Å². The van der Waals surface area contributed by atoms with Gasteiger partial charge in [-0.25, -0.2) is 0 Å². The summed E-state index contributed by atoms with van der Waals surface area (Å²) in [5, 5.41) is 0. The molecule has 0 aliphatic heterocycles. The molecule has 0 saturated heterocycles. The third-order valence-corrected chi connectivity index (χ3v) is 4.04. The fourth-order valence-electron chi connectivity index (χ4n) is 3.32. The quantitative estimate of drug-likeness (QED) is 0.710. The Morgan fingerprint density at radius 3 is 2.40 bits per heavy atom. The second kappa shape index (κ2) is 5.89. The van der Waals surface area contributed by atoms with Crippen molar-refractivity contribution in [1.82, 2.24) is 0 Å². The van der Waals surface area contributed by atoms with Crippen LogP contribution in [0.15, 0.2) is 0 Å². The van der Waals surface area contributed by atoms with Gasteiger partial charge < -0.3 is 5.73 Å². The Morgan fingerprint density at radius 1 is 1.33 bits per heavy atom. The molecule has 0 spiro atoms. The van der Waals surface area contributed by atoms with E-state index in [4.69, 9.17) is 5.73 Å². The maximum Gasteiger partial charge on any atom is 0.00750 e. The van der Waals surface area contributed by atoms with E-state index < -0.39 is 0 Å². The summed E-state index contributed by atoms with van der Waals surface area (Å²) in [5.74, 6) is 3.41. The van der Waals surface area contributed by atoms with Crippen LogP contribution in [0.5, 0.6) is 0 Å². The Kier molecular flexibility index (Phi) is 5.11. The number of hydrogen-bond donors (Lipinski definition) is 1. The molecule has 0 radical (unpaired) electrons. The highest BCUT2D eigenvalue weighted by Gasteiger charge is 2.40. The van der Waals surface area contributed by atoms with E-state index in [1.807, 2.05) is 0 Å². The topological polar surface area (TPSA) is 26.0 Å². The first-order valence-electron chi connectivity index (χ1n) is 6.81. The van der Waals surface area contributed by atoms with E-state index in [9.17, 15) is 0 Å². The van der Waals surface area contributed by atoms with Crippen molar-refractivity contribution in [3.8, 4) is 0 Å². The number of hydrogen-bond acceptors (Lipinski definition) is 1. The standard InChI is InChI=1S/C14H29N/c1-5-6-7-12(8-10(2)3)14-11(4)9-13(14)15/h10-14H,5-9,15H2,1-4H3. The molecule has 90 valence electrons. The summed E-state index contributed by atoms with van der Waals surface area (Å²) in [6, 6.07) is 0.501. The largest absolute Gasteiger partial charge is 0.327 e. The highest BCUT2D eigenvalue weighted by atomic mass is 14.7. The van der Waals surface area contributed by atoms with Crippen LogP contribution in [-0.4, -0.2) is 6.04 Å². The molecule has 0 aromatic rings. The molecule has 15 heavy (non-hydrogen) atoms. The molecule has 1 nitrogen and oxygen atoms in total. The first-order valence-corrected chi connectivity index (χ1v) is 6.81. The second-order valence-corrected chi connectivity index (χ2v) is 5.99. The highest BCUT2D eigenvalue weighted by molar-refractivity contribution is 4.93. The van der Waals surface area contributed by atoms with Gasteiger partial charge in [0.15, 0.2) is 0 Å². The van der Waals surface area contributed by atoms with Crippen LogP contribution in [0.4, 0.5) is 0 Å². The minimum absolute atomic E-state index is 0.501. The van der Waals surface area contributed by atoms with Crippen molar-refractivity contribution in [3.63, 3.8) is 0 Å². The number of nitrogens with two attached hydrogens (primary N) is 1. The molecule has 1 heteroatoms. The first-order chi connectivity index (χ1) is 7.06. The highest BCUT2D eigenvalue weighted by Crippen LogP contribution is 2.42. The van der Waals surface area contributed by atoms with Crippen LogP contribution in [0.25, 0.3) is 0 Å². The number of unbranched alkanes of at least 4 members (excludes halogenated alkanes) is 1. The summed E-state index contributed by atoms with van der Waals surface area (Å²) in [5.41, 5.74) is 6.16. The van der Waals surface area contributed by atoms with Crippen LogP contribution in [0.3, 0.4) is 0 Å². The lowest BCUT2D eigenvalue weighted by molar-refractivity contribution is 0.0667. The summed E-state index contributed by atoms with van der Waals surface area (Å²) in [6.07, 6.45) is 6.74. The lowest BCUT2D eigenvalue weighted by Gasteiger charge is -2.46. The van der Waals surface area contributed by atoms with Crippen LogP contribution in [0.2, 0.25) is 0 Å². The van der Waals surface area contributed by atoms with E-state index >= 15 is 0 Å². The predicted molar refractivity (Wildman–Crippen MR) is 67.7 cm³/mol. The molecule has 1 aliphatic rings. The van der Waals surface area contributed by atoms with Crippen molar-refractivity contribution in [2.24, 2.45) is 29.4 Å². The Bertz CT molecular complexity index is 168. The monoisotopic (exact) mass is 211 g/mol. The van der Waals surface area contributed by atoms with Gasteiger partial charge >= 0.3 is 0 Å². The van der Waals surface area contributed by atoms with Gasteiger partial charge in [0.2, 0.25) is 0 Å². The maximum atomic E-state index is 6.16. The molecule has 1 aliphatic carbocycles. The Balaban J connectivity index is 2.46. The summed E-state index contributed by atoms with van der Waals surface area (Å²) < 4.78 is 0. The maximum absolute atomic E-state index is 6.16. The third-order valence-electron chi connectivity index (χ3n) is 4.04. The first kappa shape index (κ1) is 13.0. The normalized spacial score (nSPS) is 32.8. The zero-order valence-corrected chi connectivity index (χ0v) is 11.0. The van der Waals surface area contributed by atoms with Gasteiger partial charge in [-0.15, -0.1) is 0 Å². The van der Waals surface area contributed by atoms with Crippen molar-refractivity contribution in [2.45, 2.75) is 65.8 Å². The lowest BCUT2D eigenvalue weighted by Crippen LogP contribution is -2.50. The molecule has 1 fully saturated rings. The zero-order valence-electron chi connectivity index (χ0n) is 11.0. The van der Waals surface area contributed by atoms with E-state index in [2.05, 4.69) is 27.7 Å².